The number of ether oxygens (including phenoxy) is 2. The largest absolute Gasteiger partial charge is 0.469 e. The van der Waals surface area contributed by atoms with Gasteiger partial charge < -0.3 is 24.4 Å². The van der Waals surface area contributed by atoms with E-state index >= 15 is 0 Å². The van der Waals surface area contributed by atoms with Crippen molar-refractivity contribution in [1.82, 2.24) is 9.55 Å². The summed E-state index contributed by atoms with van der Waals surface area (Å²) in [5, 5.41) is 9.44. The fourth-order valence-corrected chi connectivity index (χ4v) is 2.11. The summed E-state index contributed by atoms with van der Waals surface area (Å²) < 4.78 is 26.4. The fourth-order valence-electron chi connectivity index (χ4n) is 1.75. The predicted molar refractivity (Wildman–Crippen MR) is 82.3 cm³/mol. The number of methoxy groups -OCH3 is 1. The standard InChI is InChI=1S/C12H19N2O9P/c1-8(14-4-3-11(16)13-12(14)17)10(5-15)23-9(6-21-2)7-22-24(18,19)20/h3-4,9-10,15H,1,5-7H2,2H3,(H,13,16,17)(H2,18,19,20). The first kappa shape index (κ1) is 20.5. The maximum atomic E-state index is 11.7. The molecule has 0 aliphatic rings. The van der Waals surface area contributed by atoms with Crippen LogP contribution in [0.5, 0.6) is 0 Å². The first-order valence-corrected chi connectivity index (χ1v) is 8.17. The van der Waals surface area contributed by atoms with Crippen LogP contribution in [0.3, 0.4) is 0 Å². The number of phosphoric acid groups is 1. The Morgan fingerprint density at radius 2 is 2.08 bits per heavy atom. The SMILES string of the molecule is C=C(C(CO)OC(COC)COP(=O)(O)O)n1ccc(=O)[nH]c1=O. The van der Waals surface area contributed by atoms with E-state index in [4.69, 9.17) is 19.3 Å². The number of aromatic amines is 1. The second-order valence-corrected chi connectivity index (χ2v) is 5.88. The Morgan fingerprint density at radius 1 is 1.42 bits per heavy atom. The highest BCUT2D eigenvalue weighted by Gasteiger charge is 2.24. The number of nitrogens with zero attached hydrogens (tertiary/aromatic N) is 1. The van der Waals surface area contributed by atoms with Gasteiger partial charge in [-0.05, 0) is 0 Å². The number of hydrogen-bond donors (Lipinski definition) is 4. The number of aromatic nitrogens is 2. The van der Waals surface area contributed by atoms with Gasteiger partial charge >= 0.3 is 13.5 Å². The van der Waals surface area contributed by atoms with Gasteiger partial charge in [0.2, 0.25) is 0 Å². The summed E-state index contributed by atoms with van der Waals surface area (Å²) in [6.07, 6.45) is -0.892. The molecule has 0 bridgehead atoms. The Bertz CT molecular complexity index is 707. The van der Waals surface area contributed by atoms with Gasteiger partial charge in [0.15, 0.2) is 0 Å². The summed E-state index contributed by atoms with van der Waals surface area (Å²) in [5.41, 5.74) is -1.36. The number of rotatable bonds is 10. The highest BCUT2D eigenvalue weighted by atomic mass is 31.2. The Labute approximate surface area is 136 Å². The molecule has 11 nitrogen and oxygen atoms in total. The normalized spacial score (nSPS) is 14.3. The van der Waals surface area contributed by atoms with Gasteiger partial charge in [0.1, 0.15) is 12.2 Å². The van der Waals surface area contributed by atoms with Crippen molar-refractivity contribution in [1.29, 1.82) is 0 Å². The third-order valence-electron chi connectivity index (χ3n) is 2.81. The zero-order valence-corrected chi connectivity index (χ0v) is 13.7. The van der Waals surface area contributed by atoms with Gasteiger partial charge in [0.25, 0.3) is 5.56 Å². The minimum absolute atomic E-state index is 0.0102. The summed E-state index contributed by atoms with van der Waals surface area (Å²) in [6, 6.07) is 1.09. The van der Waals surface area contributed by atoms with Crippen LogP contribution in [0, 0.1) is 0 Å². The molecule has 24 heavy (non-hydrogen) atoms. The zero-order valence-electron chi connectivity index (χ0n) is 12.8. The first-order chi connectivity index (χ1) is 11.2. The topological polar surface area (TPSA) is 160 Å². The van der Waals surface area contributed by atoms with Crippen LogP contribution in [0.15, 0.2) is 28.4 Å². The monoisotopic (exact) mass is 366 g/mol. The van der Waals surface area contributed by atoms with Crippen LogP contribution in [-0.4, -0.2) is 63.6 Å². The van der Waals surface area contributed by atoms with E-state index in [0.717, 1.165) is 16.8 Å². The van der Waals surface area contributed by atoms with Crippen LogP contribution in [0.2, 0.25) is 0 Å². The zero-order chi connectivity index (χ0) is 18.3. The number of nitrogens with one attached hydrogen (secondary N) is 1. The Morgan fingerprint density at radius 3 is 2.58 bits per heavy atom. The van der Waals surface area contributed by atoms with Gasteiger partial charge in [0, 0.05) is 19.4 Å². The van der Waals surface area contributed by atoms with Crippen LogP contribution in [0.1, 0.15) is 0 Å². The van der Waals surface area contributed by atoms with Crippen LogP contribution >= 0.6 is 7.82 Å². The molecule has 0 aromatic carbocycles. The van der Waals surface area contributed by atoms with Gasteiger partial charge in [0.05, 0.1) is 25.5 Å². The van der Waals surface area contributed by atoms with Crippen molar-refractivity contribution < 1.29 is 33.5 Å². The number of hydrogen-bond acceptors (Lipinski definition) is 7. The summed E-state index contributed by atoms with van der Waals surface area (Å²) in [4.78, 5) is 42.3. The third kappa shape index (κ3) is 6.49. The molecule has 0 aliphatic carbocycles. The molecule has 0 radical (unpaired) electrons. The highest BCUT2D eigenvalue weighted by molar-refractivity contribution is 7.46. The molecule has 0 fully saturated rings. The summed E-state index contributed by atoms with van der Waals surface area (Å²) in [6.45, 7) is 2.44. The molecular weight excluding hydrogens is 347 g/mol. The molecule has 2 unspecified atom stereocenters. The number of H-pyrrole nitrogens is 1. The summed E-state index contributed by atoms with van der Waals surface area (Å²) >= 11 is 0. The Balaban J connectivity index is 2.89. The lowest BCUT2D eigenvalue weighted by atomic mass is 10.2. The number of phosphoric ester groups is 1. The van der Waals surface area contributed by atoms with Crippen molar-refractivity contribution in [2.75, 3.05) is 26.9 Å². The second kappa shape index (κ2) is 9.04. The molecule has 0 amide bonds. The molecule has 2 atom stereocenters. The van der Waals surface area contributed by atoms with Gasteiger partial charge in [-0.25, -0.2) is 9.36 Å². The maximum absolute atomic E-state index is 11.7. The van der Waals surface area contributed by atoms with Crippen LogP contribution < -0.4 is 11.2 Å². The van der Waals surface area contributed by atoms with Crippen molar-refractivity contribution >= 4 is 13.5 Å². The molecule has 1 aromatic heterocycles. The number of aliphatic hydroxyl groups excluding tert-OH is 1. The van der Waals surface area contributed by atoms with Crippen LogP contribution in [-0.2, 0) is 18.6 Å². The second-order valence-electron chi connectivity index (χ2n) is 4.64. The number of aliphatic hydroxyl groups is 1. The molecule has 0 saturated carbocycles. The van der Waals surface area contributed by atoms with Gasteiger partial charge in [-0.15, -0.1) is 0 Å². The van der Waals surface area contributed by atoms with Gasteiger partial charge in [-0.1, -0.05) is 6.58 Å². The molecule has 136 valence electrons. The molecule has 4 N–H and O–H groups in total. The van der Waals surface area contributed by atoms with Crippen molar-refractivity contribution in [3.63, 3.8) is 0 Å². The summed E-state index contributed by atoms with van der Waals surface area (Å²) in [5.74, 6) is 0. The molecule has 1 heterocycles. The van der Waals surface area contributed by atoms with Crippen molar-refractivity contribution in [2.45, 2.75) is 12.2 Å². The smallest absolute Gasteiger partial charge is 0.393 e. The lowest BCUT2D eigenvalue weighted by molar-refractivity contribution is -0.0655. The molecule has 1 rings (SSSR count). The minimum Gasteiger partial charge on any atom is -0.393 e. The molecule has 0 spiro atoms. The van der Waals surface area contributed by atoms with E-state index in [0.29, 0.717) is 0 Å². The minimum atomic E-state index is -4.71. The fraction of sp³-hybridized carbons (Fsp3) is 0.500. The lowest BCUT2D eigenvalue weighted by Gasteiger charge is -2.25. The average molecular weight is 366 g/mol. The summed E-state index contributed by atoms with van der Waals surface area (Å²) in [7, 11) is -3.37. The van der Waals surface area contributed by atoms with E-state index in [1.807, 2.05) is 4.98 Å². The van der Waals surface area contributed by atoms with Crippen molar-refractivity contribution in [2.24, 2.45) is 0 Å². The van der Waals surface area contributed by atoms with E-state index in [9.17, 15) is 19.3 Å². The van der Waals surface area contributed by atoms with Crippen molar-refractivity contribution in [3.05, 3.63) is 39.7 Å². The van der Waals surface area contributed by atoms with E-state index in [1.165, 1.54) is 7.11 Å². The predicted octanol–water partition coefficient (Wildman–Crippen LogP) is -1.49. The Hall–Kier alpha value is -1.59. The molecular formula is C12H19N2O9P. The third-order valence-corrected chi connectivity index (χ3v) is 3.29. The molecule has 0 saturated heterocycles. The van der Waals surface area contributed by atoms with Gasteiger partial charge in [-0.3, -0.25) is 18.9 Å². The van der Waals surface area contributed by atoms with E-state index in [-0.39, 0.29) is 12.3 Å². The average Bonchev–Trinajstić information content (AvgIpc) is 2.48. The highest BCUT2D eigenvalue weighted by Crippen LogP contribution is 2.36. The first-order valence-electron chi connectivity index (χ1n) is 6.64. The van der Waals surface area contributed by atoms with E-state index in [2.05, 4.69) is 11.1 Å². The Kier molecular flexibility index (Phi) is 7.70. The van der Waals surface area contributed by atoms with Crippen molar-refractivity contribution in [3.8, 4) is 0 Å². The molecule has 0 aliphatic heterocycles. The quantitative estimate of drug-likeness (QED) is 0.362. The lowest BCUT2D eigenvalue weighted by Crippen LogP contribution is -2.37. The molecule has 1 aromatic rings. The van der Waals surface area contributed by atoms with Crippen LogP contribution in [0.4, 0.5) is 0 Å². The van der Waals surface area contributed by atoms with E-state index < -0.39 is 44.5 Å². The van der Waals surface area contributed by atoms with Crippen LogP contribution in [0.25, 0.3) is 5.70 Å². The van der Waals surface area contributed by atoms with Gasteiger partial charge in [-0.2, -0.15) is 0 Å². The van der Waals surface area contributed by atoms with E-state index in [1.54, 1.807) is 0 Å². The molecule has 12 heteroatoms. The maximum Gasteiger partial charge on any atom is 0.469 e.